The number of epoxide rings is 1. The lowest BCUT2D eigenvalue weighted by Crippen LogP contribution is -2.39. The number of nitrogens with zero attached hydrogens (tertiary/aromatic N) is 4. The Kier molecular flexibility index (Phi) is 5.45. The van der Waals surface area contributed by atoms with Crippen LogP contribution in [0.15, 0.2) is 115 Å². The van der Waals surface area contributed by atoms with Crippen LogP contribution in [-0.2, 0) is 10.3 Å². The third-order valence-electron chi connectivity index (χ3n) is 6.52. The number of aliphatic hydroxyl groups is 1. The van der Waals surface area contributed by atoms with E-state index < -0.39 is 5.54 Å². The Hall–Kier alpha value is -4.13. The van der Waals surface area contributed by atoms with Crippen molar-refractivity contribution in [3.05, 3.63) is 138 Å². The van der Waals surface area contributed by atoms with Gasteiger partial charge in [0.1, 0.15) is 12.2 Å². The van der Waals surface area contributed by atoms with Gasteiger partial charge >= 0.3 is 0 Å². The van der Waals surface area contributed by atoms with E-state index in [4.69, 9.17) is 9.84 Å². The van der Waals surface area contributed by atoms with E-state index in [2.05, 4.69) is 46.7 Å². The minimum atomic E-state index is -0.811. The van der Waals surface area contributed by atoms with Gasteiger partial charge in [-0.15, -0.1) is 15.0 Å². The Balaban J connectivity index is 1.53. The van der Waals surface area contributed by atoms with Crippen LogP contribution in [0.3, 0.4) is 0 Å². The fourth-order valence-electron chi connectivity index (χ4n) is 4.79. The summed E-state index contributed by atoms with van der Waals surface area (Å²) in [6.07, 6.45) is -0.233. The van der Waals surface area contributed by atoms with Gasteiger partial charge in [-0.1, -0.05) is 109 Å². The number of aliphatic hydroxyl groups excluding tert-OH is 1. The molecule has 1 saturated heterocycles. The first kappa shape index (κ1) is 21.4. The maximum Gasteiger partial charge on any atom is 0.204 e. The normalized spacial score (nSPS) is 17.3. The minimum Gasteiger partial charge on any atom is -0.394 e. The molecule has 0 amide bonds. The first-order valence-corrected chi connectivity index (χ1v) is 11.6. The van der Waals surface area contributed by atoms with Crippen LogP contribution in [0.5, 0.6) is 0 Å². The molecule has 0 bridgehead atoms. The molecule has 1 N–H and O–H groups in total. The lowest BCUT2D eigenvalue weighted by atomic mass is 9.77. The summed E-state index contributed by atoms with van der Waals surface area (Å²) in [4.78, 5) is 1.72. The van der Waals surface area contributed by atoms with Gasteiger partial charge in [-0.3, -0.25) is 0 Å². The van der Waals surface area contributed by atoms with E-state index in [1.165, 1.54) is 0 Å². The van der Waals surface area contributed by atoms with Crippen molar-refractivity contribution in [1.29, 1.82) is 0 Å². The molecule has 1 aliphatic heterocycles. The van der Waals surface area contributed by atoms with Crippen molar-refractivity contribution in [3.8, 4) is 11.4 Å². The van der Waals surface area contributed by atoms with Gasteiger partial charge in [-0.05, 0) is 33.5 Å². The molecule has 6 nitrogen and oxygen atoms in total. The van der Waals surface area contributed by atoms with Crippen LogP contribution in [0.2, 0.25) is 0 Å². The minimum absolute atomic E-state index is 0.0110. The Morgan fingerprint density at radius 2 is 1.31 bits per heavy atom. The Morgan fingerprint density at radius 3 is 1.83 bits per heavy atom. The van der Waals surface area contributed by atoms with Crippen molar-refractivity contribution in [1.82, 2.24) is 20.2 Å². The standard InChI is InChI=1S/C29H24N4O2/c34-20-26-27(35-26)21-11-10-12-22(19-21)28-30-32-33(31-28)29(23-13-4-1-5-14-23,24-15-6-2-7-16-24)25-17-8-3-9-18-25/h1-19,26-27,34H,20H2/t26-,27-/m0/s1. The summed E-state index contributed by atoms with van der Waals surface area (Å²) in [6, 6.07) is 38.8. The number of hydrogen-bond donors (Lipinski definition) is 1. The van der Waals surface area contributed by atoms with Crippen molar-refractivity contribution in [2.75, 3.05) is 6.61 Å². The molecule has 2 atom stereocenters. The highest BCUT2D eigenvalue weighted by Crippen LogP contribution is 2.41. The van der Waals surface area contributed by atoms with Crippen molar-refractivity contribution in [2.24, 2.45) is 0 Å². The third kappa shape index (κ3) is 3.73. The summed E-state index contributed by atoms with van der Waals surface area (Å²) in [5.74, 6) is 0.528. The fourth-order valence-corrected chi connectivity index (χ4v) is 4.79. The summed E-state index contributed by atoms with van der Waals surface area (Å²) in [7, 11) is 0. The summed E-state index contributed by atoms with van der Waals surface area (Å²) >= 11 is 0. The second-order valence-corrected chi connectivity index (χ2v) is 8.61. The highest BCUT2D eigenvalue weighted by molar-refractivity contribution is 5.56. The molecule has 6 heteroatoms. The maximum absolute atomic E-state index is 9.38. The lowest BCUT2D eigenvalue weighted by Gasteiger charge is -2.34. The number of aromatic nitrogens is 4. The van der Waals surface area contributed by atoms with Gasteiger partial charge in [0, 0.05) is 5.56 Å². The van der Waals surface area contributed by atoms with Gasteiger partial charge in [-0.2, -0.15) is 0 Å². The topological polar surface area (TPSA) is 76.4 Å². The fraction of sp³-hybridized carbons (Fsp3) is 0.138. The second kappa shape index (κ2) is 8.91. The summed E-state index contributed by atoms with van der Waals surface area (Å²) in [5, 5.41) is 23.4. The van der Waals surface area contributed by atoms with Crippen molar-refractivity contribution >= 4 is 0 Å². The molecule has 2 heterocycles. The average molecular weight is 461 g/mol. The summed E-state index contributed by atoms with van der Waals surface area (Å²) in [5.41, 5.74) is 4.14. The van der Waals surface area contributed by atoms with Gasteiger partial charge in [0.25, 0.3) is 0 Å². The molecule has 172 valence electrons. The molecule has 1 aliphatic rings. The molecule has 1 fully saturated rings. The molecule has 1 aromatic heterocycles. The van der Waals surface area contributed by atoms with E-state index in [0.717, 1.165) is 27.8 Å². The predicted molar refractivity (Wildman–Crippen MR) is 133 cm³/mol. The van der Waals surface area contributed by atoms with Crippen LogP contribution in [-0.4, -0.2) is 38.0 Å². The Morgan fingerprint density at radius 1 is 0.743 bits per heavy atom. The quantitative estimate of drug-likeness (QED) is 0.284. The predicted octanol–water partition coefficient (Wildman–Crippen LogP) is 4.61. The van der Waals surface area contributed by atoms with E-state index in [1.807, 2.05) is 78.9 Å². The van der Waals surface area contributed by atoms with E-state index in [-0.39, 0.29) is 18.8 Å². The molecule has 0 saturated carbocycles. The molecule has 0 radical (unpaired) electrons. The summed E-state index contributed by atoms with van der Waals surface area (Å²) < 4.78 is 5.56. The lowest BCUT2D eigenvalue weighted by molar-refractivity contribution is 0.242. The van der Waals surface area contributed by atoms with E-state index in [1.54, 1.807) is 4.80 Å². The van der Waals surface area contributed by atoms with Crippen molar-refractivity contribution in [2.45, 2.75) is 17.7 Å². The zero-order valence-electron chi connectivity index (χ0n) is 19.0. The second-order valence-electron chi connectivity index (χ2n) is 8.61. The molecule has 0 aliphatic carbocycles. The van der Waals surface area contributed by atoms with Crippen LogP contribution in [0.4, 0.5) is 0 Å². The third-order valence-corrected chi connectivity index (χ3v) is 6.52. The van der Waals surface area contributed by atoms with E-state index in [0.29, 0.717) is 5.82 Å². The SMILES string of the molecule is OC[C@@H]1O[C@H]1c1cccc(-c2nnn(C(c3ccccc3)(c3ccccc3)c3ccccc3)n2)c1. The Labute approximate surface area is 203 Å². The van der Waals surface area contributed by atoms with Gasteiger partial charge in [0.15, 0.2) is 5.54 Å². The van der Waals surface area contributed by atoms with Crippen LogP contribution in [0, 0.1) is 0 Å². The molecular weight excluding hydrogens is 436 g/mol. The Bertz CT molecular complexity index is 1320. The monoisotopic (exact) mass is 460 g/mol. The van der Waals surface area contributed by atoms with E-state index >= 15 is 0 Å². The van der Waals surface area contributed by atoms with E-state index in [9.17, 15) is 5.11 Å². The molecule has 0 unspecified atom stereocenters. The molecule has 5 aromatic rings. The molecular formula is C29H24N4O2. The van der Waals surface area contributed by atoms with Crippen LogP contribution in [0.25, 0.3) is 11.4 Å². The number of tetrazole rings is 1. The number of benzene rings is 4. The van der Waals surface area contributed by atoms with Crippen molar-refractivity contribution in [3.63, 3.8) is 0 Å². The number of hydrogen-bond acceptors (Lipinski definition) is 5. The average Bonchev–Trinajstić information content (AvgIpc) is 3.58. The highest BCUT2D eigenvalue weighted by atomic mass is 16.6. The maximum atomic E-state index is 9.38. The van der Waals surface area contributed by atoms with Gasteiger partial charge in [0.05, 0.1) is 6.61 Å². The highest BCUT2D eigenvalue weighted by Gasteiger charge is 2.42. The van der Waals surface area contributed by atoms with Gasteiger partial charge < -0.3 is 9.84 Å². The largest absolute Gasteiger partial charge is 0.394 e. The molecule has 0 spiro atoms. The molecule has 6 rings (SSSR count). The first-order valence-electron chi connectivity index (χ1n) is 11.6. The zero-order valence-corrected chi connectivity index (χ0v) is 19.0. The molecule has 4 aromatic carbocycles. The number of ether oxygens (including phenoxy) is 1. The van der Waals surface area contributed by atoms with Crippen molar-refractivity contribution < 1.29 is 9.84 Å². The van der Waals surface area contributed by atoms with Crippen LogP contribution < -0.4 is 0 Å². The van der Waals surface area contributed by atoms with Crippen LogP contribution >= 0.6 is 0 Å². The zero-order chi connectivity index (χ0) is 23.7. The number of rotatable bonds is 7. The smallest absolute Gasteiger partial charge is 0.204 e. The molecule has 35 heavy (non-hydrogen) atoms. The van der Waals surface area contributed by atoms with Gasteiger partial charge in [0.2, 0.25) is 5.82 Å². The first-order chi connectivity index (χ1) is 17.3. The van der Waals surface area contributed by atoms with Gasteiger partial charge in [-0.25, -0.2) is 0 Å². The summed E-state index contributed by atoms with van der Waals surface area (Å²) in [6.45, 7) is 0.0110. The van der Waals surface area contributed by atoms with Crippen LogP contribution in [0.1, 0.15) is 28.4 Å².